The fourth-order valence-corrected chi connectivity index (χ4v) is 1.43. The molecular weight excluding hydrogens is 259 g/mol. The molecule has 0 aliphatic carbocycles. The smallest absolute Gasteiger partial charge is 0.277 e. The number of halogens is 1. The topological polar surface area (TPSA) is 50.7 Å². The van der Waals surface area contributed by atoms with E-state index in [9.17, 15) is 9.18 Å². The average molecular weight is 272 g/mol. The van der Waals surface area contributed by atoms with Crippen LogP contribution in [0, 0.1) is 5.82 Å². The number of benzene rings is 2. The van der Waals surface area contributed by atoms with Crippen molar-refractivity contribution < 1.29 is 13.9 Å². The highest BCUT2D eigenvalue weighted by molar-refractivity contribution is 5.82. The van der Waals surface area contributed by atoms with Gasteiger partial charge in [0.05, 0.1) is 6.21 Å². The molecule has 0 radical (unpaired) electrons. The minimum absolute atomic E-state index is 0.120. The summed E-state index contributed by atoms with van der Waals surface area (Å²) < 4.78 is 17.9. The zero-order chi connectivity index (χ0) is 14.2. The number of nitrogens with one attached hydrogen (secondary N) is 1. The predicted octanol–water partition coefficient (Wildman–Crippen LogP) is 2.35. The predicted molar refractivity (Wildman–Crippen MR) is 74.1 cm³/mol. The maximum atomic E-state index is 12.7. The number of carbonyl (C=O) groups excluding carboxylic acids is 1. The van der Waals surface area contributed by atoms with Crippen molar-refractivity contribution in [1.29, 1.82) is 0 Å². The van der Waals surface area contributed by atoms with Crippen LogP contribution in [0.1, 0.15) is 5.56 Å². The number of rotatable bonds is 5. The van der Waals surface area contributed by atoms with Gasteiger partial charge in [-0.3, -0.25) is 4.79 Å². The van der Waals surface area contributed by atoms with Crippen LogP contribution in [0.15, 0.2) is 59.7 Å². The molecule has 0 saturated carbocycles. The number of amides is 1. The molecule has 0 fully saturated rings. The lowest BCUT2D eigenvalue weighted by Gasteiger charge is -2.04. The molecule has 2 aromatic rings. The van der Waals surface area contributed by atoms with Gasteiger partial charge in [0.2, 0.25) is 0 Å². The van der Waals surface area contributed by atoms with Crippen LogP contribution < -0.4 is 10.2 Å². The van der Waals surface area contributed by atoms with Crippen molar-refractivity contribution in [3.8, 4) is 5.75 Å². The van der Waals surface area contributed by atoms with E-state index < -0.39 is 0 Å². The van der Waals surface area contributed by atoms with Gasteiger partial charge in [-0.25, -0.2) is 9.82 Å². The minimum atomic E-state index is -0.368. The summed E-state index contributed by atoms with van der Waals surface area (Å²) in [6, 6.07) is 14.8. The normalized spacial score (nSPS) is 10.4. The first-order valence-corrected chi connectivity index (χ1v) is 5.99. The Kier molecular flexibility index (Phi) is 4.83. The highest BCUT2D eigenvalue weighted by Crippen LogP contribution is 2.07. The molecule has 0 saturated heterocycles. The lowest BCUT2D eigenvalue weighted by molar-refractivity contribution is -0.123. The summed E-state index contributed by atoms with van der Waals surface area (Å²) in [4.78, 5) is 11.5. The third kappa shape index (κ3) is 4.53. The average Bonchev–Trinajstić information content (AvgIpc) is 2.48. The van der Waals surface area contributed by atoms with Gasteiger partial charge >= 0.3 is 0 Å². The standard InChI is InChI=1S/C15H13FN2O2/c16-13-8-6-12(7-9-13)10-17-18-15(19)11-20-14-4-2-1-3-5-14/h1-10H,11H2,(H,18,19)/b17-10-. The van der Waals surface area contributed by atoms with Crippen LogP contribution in [0.5, 0.6) is 5.75 Å². The van der Waals surface area contributed by atoms with Gasteiger partial charge in [-0.2, -0.15) is 5.10 Å². The molecule has 1 N–H and O–H groups in total. The van der Waals surface area contributed by atoms with Crippen LogP contribution in [-0.2, 0) is 4.79 Å². The largest absolute Gasteiger partial charge is 0.484 e. The Balaban J connectivity index is 1.76. The number of hydrogen-bond acceptors (Lipinski definition) is 3. The fourth-order valence-electron chi connectivity index (χ4n) is 1.43. The van der Waals surface area contributed by atoms with Crippen molar-refractivity contribution in [3.63, 3.8) is 0 Å². The summed E-state index contributed by atoms with van der Waals surface area (Å²) in [5.74, 6) is -0.0696. The summed E-state index contributed by atoms with van der Waals surface area (Å²) in [5, 5.41) is 3.76. The summed E-state index contributed by atoms with van der Waals surface area (Å²) >= 11 is 0. The second kappa shape index (κ2) is 7.04. The zero-order valence-electron chi connectivity index (χ0n) is 10.6. The molecule has 0 spiro atoms. The Morgan fingerprint density at radius 1 is 1.15 bits per heavy atom. The summed E-state index contributed by atoms with van der Waals surface area (Å²) in [6.07, 6.45) is 1.43. The first kappa shape index (κ1) is 13.7. The monoisotopic (exact) mass is 272 g/mol. The van der Waals surface area contributed by atoms with E-state index in [4.69, 9.17) is 4.74 Å². The van der Waals surface area contributed by atoms with E-state index in [0.29, 0.717) is 11.3 Å². The molecule has 102 valence electrons. The molecular formula is C15H13FN2O2. The van der Waals surface area contributed by atoms with Crippen LogP contribution in [-0.4, -0.2) is 18.7 Å². The molecule has 0 aromatic heterocycles. The van der Waals surface area contributed by atoms with Gasteiger partial charge in [-0.1, -0.05) is 30.3 Å². The van der Waals surface area contributed by atoms with Crippen molar-refractivity contribution in [2.75, 3.05) is 6.61 Å². The number of hydrogen-bond donors (Lipinski definition) is 1. The number of nitrogens with zero attached hydrogens (tertiary/aromatic N) is 1. The quantitative estimate of drug-likeness (QED) is 0.671. The molecule has 2 rings (SSSR count). The molecule has 0 atom stereocenters. The van der Waals surface area contributed by atoms with Crippen molar-refractivity contribution >= 4 is 12.1 Å². The van der Waals surface area contributed by atoms with Crippen LogP contribution in [0.3, 0.4) is 0 Å². The van der Waals surface area contributed by atoms with Gasteiger partial charge in [-0.05, 0) is 29.8 Å². The van der Waals surface area contributed by atoms with Gasteiger partial charge in [0.1, 0.15) is 11.6 Å². The Bertz CT molecular complexity index is 583. The molecule has 0 unspecified atom stereocenters. The second-order valence-electron chi connectivity index (χ2n) is 3.95. The first-order valence-electron chi connectivity index (χ1n) is 5.99. The van der Waals surface area contributed by atoms with Crippen molar-refractivity contribution in [1.82, 2.24) is 5.43 Å². The van der Waals surface area contributed by atoms with Gasteiger partial charge in [0, 0.05) is 0 Å². The van der Waals surface area contributed by atoms with Crippen LogP contribution in [0.4, 0.5) is 4.39 Å². The van der Waals surface area contributed by atoms with Crippen LogP contribution in [0.25, 0.3) is 0 Å². The maximum Gasteiger partial charge on any atom is 0.277 e. The van der Waals surface area contributed by atoms with Crippen molar-refractivity contribution in [2.45, 2.75) is 0 Å². The van der Waals surface area contributed by atoms with Crippen molar-refractivity contribution in [3.05, 3.63) is 66.0 Å². The fraction of sp³-hybridized carbons (Fsp3) is 0.0667. The summed E-state index contributed by atoms with van der Waals surface area (Å²) in [7, 11) is 0. The van der Waals surface area contributed by atoms with E-state index in [1.807, 2.05) is 18.2 Å². The second-order valence-corrected chi connectivity index (χ2v) is 3.95. The van der Waals surface area contributed by atoms with Crippen LogP contribution >= 0.6 is 0 Å². The Hall–Kier alpha value is -2.69. The molecule has 20 heavy (non-hydrogen) atoms. The Labute approximate surface area is 115 Å². The minimum Gasteiger partial charge on any atom is -0.484 e. The molecule has 2 aromatic carbocycles. The SMILES string of the molecule is O=C(COc1ccccc1)N/N=C\c1ccc(F)cc1. The number of hydrazone groups is 1. The number of carbonyl (C=O) groups is 1. The molecule has 4 nitrogen and oxygen atoms in total. The van der Waals surface area contributed by atoms with Crippen LogP contribution in [0.2, 0.25) is 0 Å². The van der Waals surface area contributed by atoms with E-state index in [0.717, 1.165) is 0 Å². The molecule has 0 aliphatic heterocycles. The Morgan fingerprint density at radius 2 is 1.85 bits per heavy atom. The third-order valence-electron chi connectivity index (χ3n) is 2.39. The summed E-state index contributed by atoms with van der Waals surface area (Å²) in [5.41, 5.74) is 3.02. The van der Waals surface area contributed by atoms with E-state index >= 15 is 0 Å². The Morgan fingerprint density at radius 3 is 2.55 bits per heavy atom. The molecule has 0 aliphatic rings. The number of para-hydroxylation sites is 1. The molecule has 1 amide bonds. The van der Waals surface area contributed by atoms with Gasteiger partial charge in [0.25, 0.3) is 5.91 Å². The molecule has 0 heterocycles. The van der Waals surface area contributed by atoms with Gasteiger partial charge in [-0.15, -0.1) is 0 Å². The highest BCUT2D eigenvalue weighted by Gasteiger charge is 2.00. The highest BCUT2D eigenvalue weighted by atomic mass is 19.1. The van der Waals surface area contributed by atoms with E-state index in [1.165, 1.54) is 18.3 Å². The maximum absolute atomic E-state index is 12.7. The van der Waals surface area contributed by atoms with Crippen molar-refractivity contribution in [2.24, 2.45) is 5.10 Å². The van der Waals surface area contributed by atoms with E-state index in [2.05, 4.69) is 10.5 Å². The third-order valence-corrected chi connectivity index (χ3v) is 2.39. The lowest BCUT2D eigenvalue weighted by Crippen LogP contribution is -2.24. The van der Waals surface area contributed by atoms with E-state index in [1.54, 1.807) is 24.3 Å². The first-order chi connectivity index (χ1) is 9.74. The van der Waals surface area contributed by atoms with E-state index in [-0.39, 0.29) is 18.3 Å². The summed E-state index contributed by atoms with van der Waals surface area (Å²) in [6.45, 7) is -0.120. The zero-order valence-corrected chi connectivity index (χ0v) is 10.6. The van der Waals surface area contributed by atoms with Gasteiger partial charge < -0.3 is 4.74 Å². The molecule has 5 heteroatoms. The lowest BCUT2D eigenvalue weighted by atomic mass is 10.2. The van der Waals surface area contributed by atoms with Gasteiger partial charge in [0.15, 0.2) is 6.61 Å². The molecule has 0 bridgehead atoms. The number of ether oxygens (including phenoxy) is 1.